The van der Waals surface area contributed by atoms with E-state index >= 15 is 0 Å². The quantitative estimate of drug-likeness (QED) is 0.230. The van der Waals surface area contributed by atoms with Gasteiger partial charge in [-0.2, -0.15) is 0 Å². The average molecular weight is 506 g/mol. The number of carbonyl (C=O) groups excluding carboxylic acids is 2. The summed E-state index contributed by atoms with van der Waals surface area (Å²) in [6.07, 6.45) is 0.545. The topological polar surface area (TPSA) is 130 Å². The Balaban J connectivity index is 1.82. The van der Waals surface area contributed by atoms with Crippen LogP contribution in [0.1, 0.15) is 36.8 Å². The van der Waals surface area contributed by atoms with Crippen LogP contribution in [0.3, 0.4) is 0 Å². The van der Waals surface area contributed by atoms with Crippen molar-refractivity contribution in [3.8, 4) is 11.1 Å². The van der Waals surface area contributed by atoms with Crippen LogP contribution in [-0.4, -0.2) is 60.6 Å². The average Bonchev–Trinajstić information content (AvgIpc) is 3.22. The number of aliphatic hydroxyl groups is 1. The first-order valence-corrected chi connectivity index (χ1v) is 11.0. The maximum atomic E-state index is 14.2. The molecule has 0 aliphatic rings. The van der Waals surface area contributed by atoms with E-state index < -0.39 is 29.4 Å². The minimum Gasteiger partial charge on any atom is -0.461 e. The molecule has 3 rings (SSSR count). The smallest absolute Gasteiger partial charge is 0.339 e. The van der Waals surface area contributed by atoms with E-state index in [-0.39, 0.29) is 18.8 Å². The second-order valence-electron chi connectivity index (χ2n) is 8.37. The third-order valence-electron chi connectivity index (χ3n) is 4.82. The Morgan fingerprint density at radius 2 is 1.94 bits per heavy atom. The van der Waals surface area contributed by atoms with Gasteiger partial charge in [0.05, 0.1) is 18.8 Å². The Kier molecular flexibility index (Phi) is 8.05. The fourth-order valence-corrected chi connectivity index (χ4v) is 3.37. The van der Waals surface area contributed by atoms with Gasteiger partial charge in [0.1, 0.15) is 5.82 Å². The van der Waals surface area contributed by atoms with Crippen molar-refractivity contribution in [2.75, 3.05) is 6.54 Å². The van der Waals surface area contributed by atoms with Gasteiger partial charge in [-0.25, -0.2) is 14.2 Å². The first-order valence-electron chi connectivity index (χ1n) is 10.6. The van der Waals surface area contributed by atoms with E-state index in [9.17, 15) is 24.3 Å². The van der Waals surface area contributed by atoms with Crippen LogP contribution in [0.25, 0.3) is 11.1 Å². The van der Waals surface area contributed by atoms with Crippen LogP contribution in [0, 0.1) is 5.82 Å². The van der Waals surface area contributed by atoms with Gasteiger partial charge in [-0.15, -0.1) is 5.10 Å². The van der Waals surface area contributed by atoms with Crippen LogP contribution in [0.5, 0.6) is 0 Å². The van der Waals surface area contributed by atoms with Gasteiger partial charge < -0.3 is 15.1 Å². The lowest BCUT2D eigenvalue weighted by Crippen LogP contribution is -2.53. The molecule has 0 fully saturated rings. The molecule has 10 nitrogen and oxygen atoms in total. The summed E-state index contributed by atoms with van der Waals surface area (Å²) in [4.78, 5) is 25.3. The lowest BCUT2D eigenvalue weighted by Gasteiger charge is -2.30. The number of ether oxygens (including phenoxy) is 1. The van der Waals surface area contributed by atoms with Gasteiger partial charge in [0.25, 0.3) is 5.91 Å². The predicted octanol–water partition coefficient (Wildman–Crippen LogP) is 2.82. The van der Waals surface area contributed by atoms with E-state index in [0.717, 1.165) is 6.20 Å². The Morgan fingerprint density at radius 3 is 2.54 bits per heavy atom. The second kappa shape index (κ2) is 10.8. The van der Waals surface area contributed by atoms with Gasteiger partial charge in [0, 0.05) is 17.1 Å². The molecule has 12 heteroatoms. The van der Waals surface area contributed by atoms with Crippen molar-refractivity contribution in [2.24, 2.45) is 0 Å². The van der Waals surface area contributed by atoms with Crippen LogP contribution in [0.2, 0.25) is 5.02 Å². The van der Waals surface area contributed by atoms with E-state index in [1.54, 1.807) is 38.1 Å². The van der Waals surface area contributed by atoms with Crippen molar-refractivity contribution in [1.29, 1.82) is 0 Å². The Labute approximate surface area is 205 Å². The summed E-state index contributed by atoms with van der Waals surface area (Å²) in [6, 6.07) is 11.0. The first-order chi connectivity index (χ1) is 16.4. The van der Waals surface area contributed by atoms with Crippen LogP contribution in [-0.2, 0) is 16.1 Å². The zero-order chi connectivity index (χ0) is 25.8. The van der Waals surface area contributed by atoms with Crippen molar-refractivity contribution >= 4 is 23.5 Å². The number of esters is 1. The summed E-state index contributed by atoms with van der Waals surface area (Å²) in [7, 11) is 0. The molecule has 35 heavy (non-hydrogen) atoms. The summed E-state index contributed by atoms with van der Waals surface area (Å²) in [6.45, 7) is 4.29. The molecular formula is C23H25ClFN5O5. The summed E-state index contributed by atoms with van der Waals surface area (Å²) in [5.41, 5.74) is 2.00. The van der Waals surface area contributed by atoms with Gasteiger partial charge >= 0.3 is 5.97 Å². The fraction of sp³-hybridized carbons (Fsp3) is 0.304. The summed E-state index contributed by atoms with van der Waals surface area (Å²) < 4.78 is 19.3. The number of benzene rings is 2. The molecule has 1 unspecified atom stereocenters. The van der Waals surface area contributed by atoms with Crippen molar-refractivity contribution in [3.05, 3.63) is 70.8 Å². The molecular weight excluding hydrogens is 481 g/mol. The van der Waals surface area contributed by atoms with Gasteiger partial charge in [-0.1, -0.05) is 40.7 Å². The number of aromatic nitrogens is 3. The van der Waals surface area contributed by atoms with E-state index in [4.69, 9.17) is 16.3 Å². The molecule has 2 aromatic carbocycles. The lowest BCUT2D eigenvalue weighted by atomic mass is 10.0. The van der Waals surface area contributed by atoms with Crippen LogP contribution in [0.4, 0.5) is 4.39 Å². The van der Waals surface area contributed by atoms with E-state index in [1.165, 1.54) is 30.1 Å². The molecule has 0 aliphatic carbocycles. The number of hydrogen-bond donors (Lipinski definition) is 3. The molecule has 0 saturated carbocycles. The van der Waals surface area contributed by atoms with Crippen molar-refractivity contribution < 1.29 is 29.0 Å². The van der Waals surface area contributed by atoms with Crippen LogP contribution in [0.15, 0.2) is 48.7 Å². The number of nitrogens with zero attached hydrogens (tertiary/aromatic N) is 4. The SMILES string of the molecule is CC(C)OC(=O)C(C)(O)CN(Cc1ccc(-c2cc(Cl)ccc2F)cc1)NC(=O)c1cn(O)nn1. The highest BCUT2D eigenvalue weighted by atomic mass is 35.5. The molecule has 3 N–H and O–H groups in total. The Morgan fingerprint density at radius 1 is 1.26 bits per heavy atom. The lowest BCUT2D eigenvalue weighted by molar-refractivity contribution is -0.170. The number of nitrogens with one attached hydrogen (secondary N) is 1. The van der Waals surface area contributed by atoms with Crippen LogP contribution >= 0.6 is 11.6 Å². The van der Waals surface area contributed by atoms with Crippen molar-refractivity contribution in [3.63, 3.8) is 0 Å². The molecule has 0 bridgehead atoms. The molecule has 0 radical (unpaired) electrons. The minimum absolute atomic E-state index is 0.0580. The molecule has 1 heterocycles. The normalized spacial score (nSPS) is 13.0. The standard InChI is InChI=1S/C23H25ClFN5O5/c1-14(2)35-22(32)23(3,33)13-29(27-21(31)20-12-30(34)28-26-20)11-15-4-6-16(7-5-15)18-10-17(24)8-9-19(18)25/h4-10,12,14,33-34H,11,13H2,1-3H3,(H,27,31). The third-order valence-corrected chi connectivity index (χ3v) is 5.06. The number of carbonyl (C=O) groups is 2. The highest BCUT2D eigenvalue weighted by Crippen LogP contribution is 2.26. The summed E-state index contributed by atoms with van der Waals surface area (Å²) in [5, 5.41) is 28.5. The molecule has 186 valence electrons. The van der Waals surface area contributed by atoms with Crippen molar-refractivity contribution in [2.45, 2.75) is 39.0 Å². The number of hydrazine groups is 1. The molecule has 3 aromatic rings. The maximum Gasteiger partial charge on any atom is 0.339 e. The van der Waals surface area contributed by atoms with Crippen molar-refractivity contribution in [1.82, 2.24) is 25.6 Å². The highest BCUT2D eigenvalue weighted by molar-refractivity contribution is 6.30. The number of rotatable bonds is 9. The van der Waals surface area contributed by atoms with Gasteiger partial charge in [0.2, 0.25) is 0 Å². The number of amides is 1. The minimum atomic E-state index is -1.96. The Hall–Kier alpha value is -3.54. The van der Waals surface area contributed by atoms with Gasteiger partial charge in [-0.3, -0.25) is 10.2 Å². The van der Waals surface area contributed by atoms with E-state index in [1.807, 2.05) is 0 Å². The van der Waals surface area contributed by atoms with Gasteiger partial charge in [0.15, 0.2) is 11.3 Å². The number of hydrogen-bond acceptors (Lipinski definition) is 8. The first kappa shape index (κ1) is 26.1. The second-order valence-corrected chi connectivity index (χ2v) is 8.81. The molecule has 1 atom stereocenters. The predicted molar refractivity (Wildman–Crippen MR) is 124 cm³/mol. The highest BCUT2D eigenvalue weighted by Gasteiger charge is 2.36. The fourth-order valence-electron chi connectivity index (χ4n) is 3.20. The van der Waals surface area contributed by atoms with E-state index in [0.29, 0.717) is 26.6 Å². The number of halogens is 2. The maximum absolute atomic E-state index is 14.2. The van der Waals surface area contributed by atoms with Crippen LogP contribution < -0.4 is 5.43 Å². The largest absolute Gasteiger partial charge is 0.461 e. The third kappa shape index (κ3) is 6.98. The zero-order valence-corrected chi connectivity index (χ0v) is 20.0. The zero-order valence-electron chi connectivity index (χ0n) is 19.3. The molecule has 0 aliphatic heterocycles. The van der Waals surface area contributed by atoms with E-state index in [2.05, 4.69) is 15.7 Å². The summed E-state index contributed by atoms with van der Waals surface area (Å²) >= 11 is 5.98. The molecule has 1 aromatic heterocycles. The molecule has 1 amide bonds. The molecule has 0 spiro atoms. The van der Waals surface area contributed by atoms with Gasteiger partial charge in [-0.05, 0) is 55.3 Å². The monoisotopic (exact) mass is 505 g/mol. The Bertz CT molecular complexity index is 1200. The molecule has 0 saturated heterocycles. The summed E-state index contributed by atoms with van der Waals surface area (Å²) in [5.74, 6) is -2.01.